The molecule has 0 saturated heterocycles. The molecular weight excluding hydrogens is 263 g/mol. The SMILES string of the molecule is CCOC(=O)C(C)Oc1ccc(Cl)c(C)c1Cl. The van der Waals surface area contributed by atoms with Crippen LogP contribution in [0, 0.1) is 6.92 Å². The average Bonchev–Trinajstić information content (AvgIpc) is 2.30. The molecule has 3 nitrogen and oxygen atoms in total. The molecule has 1 atom stereocenters. The van der Waals surface area contributed by atoms with E-state index in [0.717, 1.165) is 5.56 Å². The summed E-state index contributed by atoms with van der Waals surface area (Å²) in [4.78, 5) is 11.4. The molecule has 0 bridgehead atoms. The van der Waals surface area contributed by atoms with Gasteiger partial charge < -0.3 is 9.47 Å². The van der Waals surface area contributed by atoms with Crippen LogP contribution in [0.5, 0.6) is 5.75 Å². The van der Waals surface area contributed by atoms with E-state index in [2.05, 4.69) is 0 Å². The van der Waals surface area contributed by atoms with Crippen molar-refractivity contribution in [2.24, 2.45) is 0 Å². The summed E-state index contributed by atoms with van der Waals surface area (Å²) in [5.41, 5.74) is 0.724. The van der Waals surface area contributed by atoms with Crippen LogP contribution in [0.3, 0.4) is 0 Å². The second kappa shape index (κ2) is 6.12. The smallest absolute Gasteiger partial charge is 0.347 e. The molecule has 1 aromatic rings. The highest BCUT2D eigenvalue weighted by atomic mass is 35.5. The third-order valence-electron chi connectivity index (χ3n) is 2.21. The van der Waals surface area contributed by atoms with Crippen molar-refractivity contribution in [2.75, 3.05) is 6.61 Å². The van der Waals surface area contributed by atoms with E-state index >= 15 is 0 Å². The highest BCUT2D eigenvalue weighted by molar-refractivity contribution is 6.36. The number of ether oxygens (including phenoxy) is 2. The Hall–Kier alpha value is -0.930. The summed E-state index contributed by atoms with van der Waals surface area (Å²) in [6.07, 6.45) is -0.701. The molecule has 0 aromatic heterocycles. The largest absolute Gasteiger partial charge is 0.477 e. The summed E-state index contributed by atoms with van der Waals surface area (Å²) >= 11 is 12.0. The van der Waals surface area contributed by atoms with Crippen LogP contribution in [0.4, 0.5) is 0 Å². The van der Waals surface area contributed by atoms with Gasteiger partial charge in [-0.25, -0.2) is 4.79 Å². The van der Waals surface area contributed by atoms with Gasteiger partial charge in [-0.2, -0.15) is 0 Å². The van der Waals surface area contributed by atoms with Gasteiger partial charge in [0.15, 0.2) is 6.10 Å². The summed E-state index contributed by atoms with van der Waals surface area (Å²) in [5.74, 6) is 0.00490. The van der Waals surface area contributed by atoms with Crippen molar-refractivity contribution in [3.63, 3.8) is 0 Å². The standard InChI is InChI=1S/C12H14Cl2O3/c1-4-16-12(15)8(3)17-10-6-5-9(13)7(2)11(10)14/h5-6,8H,4H2,1-3H3. The third kappa shape index (κ3) is 3.51. The van der Waals surface area contributed by atoms with Crippen molar-refractivity contribution in [3.05, 3.63) is 27.7 Å². The zero-order valence-electron chi connectivity index (χ0n) is 9.92. The maximum absolute atomic E-state index is 11.4. The Labute approximate surface area is 111 Å². The molecule has 0 aliphatic heterocycles. The van der Waals surface area contributed by atoms with Gasteiger partial charge in [0, 0.05) is 5.02 Å². The van der Waals surface area contributed by atoms with Gasteiger partial charge in [-0.05, 0) is 38.5 Å². The molecule has 0 aliphatic carbocycles. The Kier molecular flexibility index (Phi) is 5.09. The minimum atomic E-state index is -0.701. The van der Waals surface area contributed by atoms with E-state index in [-0.39, 0.29) is 0 Å². The molecule has 1 aromatic carbocycles. The van der Waals surface area contributed by atoms with Gasteiger partial charge in [0.2, 0.25) is 0 Å². The Morgan fingerprint density at radius 1 is 1.41 bits per heavy atom. The van der Waals surface area contributed by atoms with Crippen LogP contribution in [0.25, 0.3) is 0 Å². The minimum absolute atomic E-state index is 0.319. The fourth-order valence-electron chi connectivity index (χ4n) is 1.23. The van der Waals surface area contributed by atoms with E-state index in [9.17, 15) is 4.79 Å². The normalized spacial score (nSPS) is 12.1. The zero-order valence-corrected chi connectivity index (χ0v) is 11.4. The number of carbonyl (C=O) groups is 1. The van der Waals surface area contributed by atoms with Crippen molar-refractivity contribution >= 4 is 29.2 Å². The van der Waals surface area contributed by atoms with Crippen LogP contribution in [-0.4, -0.2) is 18.7 Å². The summed E-state index contributed by atoms with van der Waals surface area (Å²) in [6.45, 7) is 5.45. The number of hydrogen-bond acceptors (Lipinski definition) is 3. The van der Waals surface area contributed by atoms with Gasteiger partial charge in [0.1, 0.15) is 5.75 Å². The van der Waals surface area contributed by atoms with Crippen LogP contribution in [-0.2, 0) is 9.53 Å². The van der Waals surface area contributed by atoms with Crippen molar-refractivity contribution in [1.29, 1.82) is 0 Å². The lowest BCUT2D eigenvalue weighted by molar-refractivity contribution is -0.150. The fourth-order valence-corrected chi connectivity index (χ4v) is 1.64. The maximum Gasteiger partial charge on any atom is 0.347 e. The minimum Gasteiger partial charge on any atom is -0.477 e. The van der Waals surface area contributed by atoms with E-state index in [1.54, 1.807) is 32.9 Å². The lowest BCUT2D eigenvalue weighted by Crippen LogP contribution is -2.26. The van der Waals surface area contributed by atoms with Gasteiger partial charge in [0.25, 0.3) is 0 Å². The summed E-state index contributed by atoms with van der Waals surface area (Å²) < 4.78 is 10.3. The Morgan fingerprint density at radius 2 is 2.06 bits per heavy atom. The van der Waals surface area contributed by atoms with Crippen LogP contribution in [0.2, 0.25) is 10.0 Å². The number of carbonyl (C=O) groups excluding carboxylic acids is 1. The monoisotopic (exact) mass is 276 g/mol. The molecule has 0 radical (unpaired) electrons. The van der Waals surface area contributed by atoms with E-state index in [1.165, 1.54) is 0 Å². The average molecular weight is 277 g/mol. The van der Waals surface area contributed by atoms with Crippen molar-refractivity contribution in [3.8, 4) is 5.75 Å². The topological polar surface area (TPSA) is 35.5 Å². The van der Waals surface area contributed by atoms with Gasteiger partial charge in [0.05, 0.1) is 11.6 Å². The van der Waals surface area contributed by atoms with Gasteiger partial charge in [-0.3, -0.25) is 0 Å². The zero-order chi connectivity index (χ0) is 13.0. The molecular formula is C12H14Cl2O3. The van der Waals surface area contributed by atoms with Crippen molar-refractivity contribution < 1.29 is 14.3 Å². The molecule has 94 valence electrons. The highest BCUT2D eigenvalue weighted by Gasteiger charge is 2.18. The molecule has 0 fully saturated rings. The molecule has 1 unspecified atom stereocenters. The summed E-state index contributed by atoms with van der Waals surface area (Å²) in [7, 11) is 0. The quantitative estimate of drug-likeness (QED) is 0.788. The second-order valence-electron chi connectivity index (χ2n) is 3.50. The molecule has 5 heteroatoms. The third-order valence-corrected chi connectivity index (χ3v) is 3.09. The Morgan fingerprint density at radius 3 is 2.65 bits per heavy atom. The molecule has 0 spiro atoms. The van der Waals surface area contributed by atoms with Gasteiger partial charge in [-0.1, -0.05) is 23.2 Å². The van der Waals surface area contributed by atoms with Crippen LogP contribution in [0.15, 0.2) is 12.1 Å². The number of benzene rings is 1. The first-order chi connectivity index (χ1) is 7.97. The lowest BCUT2D eigenvalue weighted by atomic mass is 10.2. The highest BCUT2D eigenvalue weighted by Crippen LogP contribution is 2.33. The first-order valence-corrected chi connectivity index (χ1v) is 6.00. The second-order valence-corrected chi connectivity index (χ2v) is 4.28. The predicted octanol–water partition coefficient (Wildman–Crippen LogP) is 3.63. The predicted molar refractivity (Wildman–Crippen MR) is 67.9 cm³/mol. The molecule has 0 N–H and O–H groups in total. The number of halogens is 2. The molecule has 17 heavy (non-hydrogen) atoms. The van der Waals surface area contributed by atoms with Crippen molar-refractivity contribution in [1.82, 2.24) is 0 Å². The van der Waals surface area contributed by atoms with Gasteiger partial charge >= 0.3 is 5.97 Å². The Balaban J connectivity index is 2.82. The van der Waals surface area contributed by atoms with Crippen LogP contribution in [0.1, 0.15) is 19.4 Å². The van der Waals surface area contributed by atoms with E-state index in [4.69, 9.17) is 32.7 Å². The maximum atomic E-state index is 11.4. The number of hydrogen-bond donors (Lipinski definition) is 0. The molecule has 0 saturated carbocycles. The molecule has 0 aliphatic rings. The van der Waals surface area contributed by atoms with Gasteiger partial charge in [-0.15, -0.1) is 0 Å². The van der Waals surface area contributed by atoms with Crippen molar-refractivity contribution in [2.45, 2.75) is 26.9 Å². The van der Waals surface area contributed by atoms with Crippen LogP contribution < -0.4 is 4.74 Å². The fraction of sp³-hybridized carbons (Fsp3) is 0.417. The lowest BCUT2D eigenvalue weighted by Gasteiger charge is -2.15. The first-order valence-electron chi connectivity index (χ1n) is 5.25. The summed E-state index contributed by atoms with van der Waals surface area (Å²) in [5, 5.41) is 0.972. The molecule has 0 heterocycles. The van der Waals surface area contributed by atoms with E-state index < -0.39 is 12.1 Å². The molecule has 0 amide bonds. The molecule has 1 rings (SSSR count). The number of esters is 1. The first kappa shape index (κ1) is 14.1. The number of rotatable bonds is 4. The van der Waals surface area contributed by atoms with E-state index in [1.807, 2.05) is 0 Å². The summed E-state index contributed by atoms with van der Waals surface area (Å²) in [6, 6.07) is 3.31. The van der Waals surface area contributed by atoms with Crippen LogP contribution >= 0.6 is 23.2 Å². The van der Waals surface area contributed by atoms with E-state index in [0.29, 0.717) is 22.4 Å². The Bertz CT molecular complexity index is 418.